The minimum atomic E-state index is -0.983. The summed E-state index contributed by atoms with van der Waals surface area (Å²) in [5.74, 6) is -1.68. The molecule has 0 rings (SSSR count). The van der Waals surface area contributed by atoms with Crippen molar-refractivity contribution in [3.63, 3.8) is 0 Å². The summed E-state index contributed by atoms with van der Waals surface area (Å²) in [6.45, 7) is 1.90. The lowest BCUT2D eigenvalue weighted by Crippen LogP contribution is -2.42. The van der Waals surface area contributed by atoms with Gasteiger partial charge in [-0.3, -0.25) is 9.59 Å². The molecule has 6 nitrogen and oxygen atoms in total. The van der Waals surface area contributed by atoms with Gasteiger partial charge in [0.25, 0.3) is 0 Å². The van der Waals surface area contributed by atoms with Crippen LogP contribution in [-0.2, 0) is 9.59 Å². The smallest absolute Gasteiger partial charge is 0.303 e. The summed E-state index contributed by atoms with van der Waals surface area (Å²) in [7, 11) is 0. The van der Waals surface area contributed by atoms with Gasteiger partial charge in [-0.15, -0.1) is 0 Å². The number of carboxylic acid groups (broad SMARTS) is 1. The van der Waals surface area contributed by atoms with E-state index < -0.39 is 17.9 Å². The molecule has 0 heterocycles. The van der Waals surface area contributed by atoms with E-state index in [0.717, 1.165) is 0 Å². The van der Waals surface area contributed by atoms with Crippen molar-refractivity contribution < 1.29 is 14.7 Å². The molecule has 2 unspecified atom stereocenters. The predicted molar refractivity (Wildman–Crippen MR) is 52.6 cm³/mol. The number of carboxylic acids is 1. The summed E-state index contributed by atoms with van der Waals surface area (Å²) in [6, 6.07) is 1.13. The van der Waals surface area contributed by atoms with E-state index in [1.807, 2.05) is 6.07 Å². The van der Waals surface area contributed by atoms with Crippen molar-refractivity contribution in [2.45, 2.75) is 25.8 Å². The van der Waals surface area contributed by atoms with Crippen molar-refractivity contribution in [1.29, 1.82) is 5.26 Å². The molecule has 0 radical (unpaired) electrons. The van der Waals surface area contributed by atoms with Crippen LogP contribution >= 0.6 is 0 Å². The molecule has 2 atom stereocenters. The monoisotopic (exact) mass is 213 g/mol. The molecule has 6 heteroatoms. The lowest BCUT2D eigenvalue weighted by atomic mass is 10.1. The van der Waals surface area contributed by atoms with Crippen LogP contribution in [0.5, 0.6) is 0 Å². The number of carbonyl (C=O) groups is 2. The van der Waals surface area contributed by atoms with Crippen LogP contribution in [0, 0.1) is 17.2 Å². The molecule has 0 aliphatic rings. The average Bonchev–Trinajstić information content (AvgIpc) is 2.21. The molecule has 0 fully saturated rings. The first-order valence-corrected chi connectivity index (χ1v) is 4.62. The third kappa shape index (κ3) is 6.46. The Morgan fingerprint density at radius 3 is 2.67 bits per heavy atom. The zero-order valence-electron chi connectivity index (χ0n) is 8.56. The van der Waals surface area contributed by atoms with Crippen molar-refractivity contribution in [3.05, 3.63) is 0 Å². The minimum absolute atomic E-state index is 0.0993. The van der Waals surface area contributed by atoms with Crippen LogP contribution in [0.2, 0.25) is 0 Å². The molecule has 0 spiro atoms. The van der Waals surface area contributed by atoms with Crippen molar-refractivity contribution in [1.82, 2.24) is 5.32 Å². The Labute approximate surface area is 88.1 Å². The van der Waals surface area contributed by atoms with Gasteiger partial charge >= 0.3 is 5.97 Å². The first kappa shape index (κ1) is 13.4. The zero-order valence-corrected chi connectivity index (χ0v) is 8.56. The van der Waals surface area contributed by atoms with Gasteiger partial charge in [0.15, 0.2) is 0 Å². The van der Waals surface area contributed by atoms with Crippen LogP contribution in [-0.4, -0.2) is 29.6 Å². The molecule has 0 bridgehead atoms. The molecule has 84 valence electrons. The second-order valence-corrected chi connectivity index (χ2v) is 3.31. The molecular weight excluding hydrogens is 198 g/mol. The summed E-state index contributed by atoms with van der Waals surface area (Å²) in [5.41, 5.74) is 5.43. The lowest BCUT2D eigenvalue weighted by Gasteiger charge is -2.11. The fraction of sp³-hybridized carbons (Fsp3) is 0.667. The highest BCUT2D eigenvalue weighted by molar-refractivity contribution is 5.82. The van der Waals surface area contributed by atoms with E-state index in [2.05, 4.69) is 5.32 Å². The van der Waals surface area contributed by atoms with Crippen LogP contribution in [0.25, 0.3) is 0 Å². The predicted octanol–water partition coefficient (Wildman–Crippen LogP) is -0.546. The minimum Gasteiger partial charge on any atom is -0.481 e. The standard InChI is InChI=1S/C9H15N3O3/c1-6(4-10)5-12-9(15)7(11)2-3-8(13)14/h6-7H,2-3,5,11H2,1H3,(H,12,15)(H,13,14). The average molecular weight is 213 g/mol. The number of rotatable bonds is 6. The van der Waals surface area contributed by atoms with Gasteiger partial charge in [0.2, 0.25) is 5.91 Å². The highest BCUT2D eigenvalue weighted by Crippen LogP contribution is 1.95. The summed E-state index contributed by atoms with van der Waals surface area (Å²) < 4.78 is 0. The van der Waals surface area contributed by atoms with Gasteiger partial charge in [-0.2, -0.15) is 5.26 Å². The Kier molecular flexibility index (Phi) is 6.06. The van der Waals surface area contributed by atoms with Gasteiger partial charge in [0.05, 0.1) is 18.0 Å². The Hall–Kier alpha value is -1.61. The molecule has 0 aliphatic carbocycles. The molecule has 0 aromatic rings. The number of aliphatic carboxylic acids is 1. The second kappa shape index (κ2) is 6.79. The Balaban J connectivity index is 3.80. The number of nitriles is 1. The number of hydrogen-bond acceptors (Lipinski definition) is 4. The third-order valence-electron chi connectivity index (χ3n) is 1.81. The van der Waals surface area contributed by atoms with Crippen molar-refractivity contribution in [2.75, 3.05) is 6.54 Å². The SMILES string of the molecule is CC(C#N)CNC(=O)C(N)CCC(=O)O. The molecule has 1 amide bonds. The summed E-state index contributed by atoms with van der Waals surface area (Å²) in [6.07, 6.45) is -0.0372. The Morgan fingerprint density at radius 2 is 2.20 bits per heavy atom. The molecule has 0 saturated carbocycles. The van der Waals surface area contributed by atoms with E-state index in [9.17, 15) is 9.59 Å². The van der Waals surface area contributed by atoms with Gasteiger partial charge in [-0.05, 0) is 13.3 Å². The van der Waals surface area contributed by atoms with Crippen LogP contribution in [0.15, 0.2) is 0 Å². The van der Waals surface area contributed by atoms with Crippen molar-refractivity contribution >= 4 is 11.9 Å². The number of nitrogens with two attached hydrogens (primary N) is 1. The fourth-order valence-corrected chi connectivity index (χ4v) is 0.840. The van der Waals surface area contributed by atoms with Gasteiger partial charge in [-0.1, -0.05) is 0 Å². The summed E-state index contributed by atoms with van der Waals surface area (Å²) >= 11 is 0. The van der Waals surface area contributed by atoms with Crippen LogP contribution < -0.4 is 11.1 Å². The van der Waals surface area contributed by atoms with E-state index in [0.29, 0.717) is 0 Å². The zero-order chi connectivity index (χ0) is 11.8. The topological polar surface area (TPSA) is 116 Å². The number of hydrogen-bond donors (Lipinski definition) is 3. The molecule has 0 aromatic carbocycles. The molecule has 0 aliphatic heterocycles. The van der Waals surface area contributed by atoms with Crippen LogP contribution in [0.1, 0.15) is 19.8 Å². The largest absolute Gasteiger partial charge is 0.481 e. The Morgan fingerprint density at radius 1 is 1.60 bits per heavy atom. The van der Waals surface area contributed by atoms with E-state index in [1.165, 1.54) is 0 Å². The van der Waals surface area contributed by atoms with Gasteiger partial charge in [0, 0.05) is 13.0 Å². The molecule has 0 saturated heterocycles. The van der Waals surface area contributed by atoms with Gasteiger partial charge in [-0.25, -0.2) is 0 Å². The van der Waals surface area contributed by atoms with Gasteiger partial charge < -0.3 is 16.2 Å². The number of carbonyl (C=O) groups excluding carboxylic acids is 1. The summed E-state index contributed by atoms with van der Waals surface area (Å²) in [5, 5.41) is 19.3. The maximum Gasteiger partial charge on any atom is 0.303 e. The van der Waals surface area contributed by atoms with Gasteiger partial charge in [0.1, 0.15) is 0 Å². The first-order chi connectivity index (χ1) is 6.97. The molecule has 0 aromatic heterocycles. The van der Waals surface area contributed by atoms with E-state index in [1.54, 1.807) is 6.92 Å². The van der Waals surface area contributed by atoms with E-state index in [-0.39, 0.29) is 25.3 Å². The number of nitrogens with zero attached hydrogens (tertiary/aromatic N) is 1. The fourth-order valence-electron chi connectivity index (χ4n) is 0.840. The number of amides is 1. The van der Waals surface area contributed by atoms with Crippen molar-refractivity contribution in [3.8, 4) is 6.07 Å². The number of nitrogens with one attached hydrogen (secondary N) is 1. The first-order valence-electron chi connectivity index (χ1n) is 4.62. The molecule has 15 heavy (non-hydrogen) atoms. The summed E-state index contributed by atoms with van der Waals surface area (Å²) in [4.78, 5) is 21.4. The van der Waals surface area contributed by atoms with Crippen LogP contribution in [0.4, 0.5) is 0 Å². The lowest BCUT2D eigenvalue weighted by molar-refractivity contribution is -0.137. The normalized spacial score (nSPS) is 13.7. The molecular formula is C9H15N3O3. The van der Waals surface area contributed by atoms with E-state index in [4.69, 9.17) is 16.1 Å². The quantitative estimate of drug-likeness (QED) is 0.547. The Bertz CT molecular complexity index is 272. The maximum absolute atomic E-state index is 11.2. The van der Waals surface area contributed by atoms with E-state index >= 15 is 0 Å². The highest BCUT2D eigenvalue weighted by atomic mass is 16.4. The molecule has 4 N–H and O–H groups in total. The maximum atomic E-state index is 11.2. The third-order valence-corrected chi connectivity index (χ3v) is 1.81. The second-order valence-electron chi connectivity index (χ2n) is 3.31. The van der Waals surface area contributed by atoms with Crippen LogP contribution in [0.3, 0.4) is 0 Å². The van der Waals surface area contributed by atoms with Crippen molar-refractivity contribution in [2.24, 2.45) is 11.7 Å². The highest BCUT2D eigenvalue weighted by Gasteiger charge is 2.14.